The van der Waals surface area contributed by atoms with E-state index in [0.717, 1.165) is 52.0 Å². The van der Waals surface area contributed by atoms with E-state index in [-0.39, 0.29) is 18.1 Å². The standard InChI is InChI=1S/C39H45NO6/c1-39(2,3)46-38(41)40-23-22-32(29-18-20-31(21-19-29)44-24-12-11-15-28-13-7-6-8-14-28)36(26-40)45-27-30-25-35(42-4)33-16-9-10-17-34(33)37(30)43-5/h6-11,13-21,25,32,36H,12,22-24,26-27H2,1-5H3. The van der Waals surface area contributed by atoms with E-state index in [1.54, 1.807) is 19.1 Å². The van der Waals surface area contributed by atoms with E-state index in [1.807, 2.05) is 81.4 Å². The third-order valence-electron chi connectivity index (χ3n) is 8.09. The van der Waals surface area contributed by atoms with Gasteiger partial charge in [-0.05, 0) is 62.9 Å². The van der Waals surface area contributed by atoms with Gasteiger partial charge >= 0.3 is 6.09 Å². The van der Waals surface area contributed by atoms with Crippen molar-refractivity contribution in [2.45, 2.75) is 57.8 Å². The highest BCUT2D eigenvalue weighted by Gasteiger charge is 2.35. The van der Waals surface area contributed by atoms with Gasteiger partial charge in [-0.25, -0.2) is 4.79 Å². The van der Waals surface area contributed by atoms with E-state index in [1.165, 1.54) is 5.56 Å². The van der Waals surface area contributed by atoms with Gasteiger partial charge in [-0.2, -0.15) is 0 Å². The maximum Gasteiger partial charge on any atom is 0.410 e. The molecule has 1 fully saturated rings. The largest absolute Gasteiger partial charge is 0.496 e. The molecule has 0 spiro atoms. The molecule has 0 aromatic heterocycles. The summed E-state index contributed by atoms with van der Waals surface area (Å²) in [6.45, 7) is 7.54. The summed E-state index contributed by atoms with van der Waals surface area (Å²) in [5.41, 5.74) is 2.64. The van der Waals surface area contributed by atoms with Gasteiger partial charge in [0, 0.05) is 28.8 Å². The molecule has 2 atom stereocenters. The van der Waals surface area contributed by atoms with Crippen molar-refractivity contribution in [3.63, 3.8) is 0 Å². The highest BCUT2D eigenvalue weighted by molar-refractivity contribution is 5.94. The van der Waals surface area contributed by atoms with Crippen molar-refractivity contribution in [1.82, 2.24) is 4.90 Å². The van der Waals surface area contributed by atoms with E-state index in [0.29, 0.717) is 26.3 Å². The number of nitrogens with zero attached hydrogens (tertiary/aromatic N) is 1. The van der Waals surface area contributed by atoms with Gasteiger partial charge in [0.25, 0.3) is 0 Å². The maximum atomic E-state index is 13.1. The number of benzene rings is 4. The summed E-state index contributed by atoms with van der Waals surface area (Å²) in [4.78, 5) is 14.8. The summed E-state index contributed by atoms with van der Waals surface area (Å²) in [6.07, 6.45) is 5.21. The van der Waals surface area contributed by atoms with E-state index >= 15 is 0 Å². The highest BCUT2D eigenvalue weighted by Crippen LogP contribution is 2.38. The quantitative estimate of drug-likeness (QED) is 0.156. The lowest BCUT2D eigenvalue weighted by molar-refractivity contribution is -0.0363. The smallest absolute Gasteiger partial charge is 0.410 e. The Hall–Kier alpha value is -4.49. The molecule has 7 nitrogen and oxygen atoms in total. The fourth-order valence-electron chi connectivity index (χ4n) is 5.88. The third kappa shape index (κ3) is 8.40. The Labute approximate surface area is 272 Å². The topological polar surface area (TPSA) is 66.5 Å². The first-order chi connectivity index (χ1) is 22.3. The molecule has 1 amide bonds. The van der Waals surface area contributed by atoms with Crippen LogP contribution in [0.5, 0.6) is 17.2 Å². The number of hydrogen-bond donors (Lipinski definition) is 0. The molecule has 0 bridgehead atoms. The lowest BCUT2D eigenvalue weighted by Gasteiger charge is -2.39. The summed E-state index contributed by atoms with van der Waals surface area (Å²) < 4.78 is 30.0. The fourth-order valence-corrected chi connectivity index (χ4v) is 5.88. The molecule has 5 rings (SSSR count). The van der Waals surface area contributed by atoms with E-state index in [9.17, 15) is 4.79 Å². The van der Waals surface area contributed by atoms with E-state index < -0.39 is 5.60 Å². The summed E-state index contributed by atoms with van der Waals surface area (Å²) in [5.74, 6) is 2.42. The third-order valence-corrected chi connectivity index (χ3v) is 8.09. The number of carbonyl (C=O) groups is 1. The van der Waals surface area contributed by atoms with Crippen LogP contribution in [0.15, 0.2) is 91.0 Å². The van der Waals surface area contributed by atoms with Crippen LogP contribution in [0.4, 0.5) is 4.79 Å². The van der Waals surface area contributed by atoms with Gasteiger partial charge in [0.15, 0.2) is 0 Å². The Kier molecular flexibility index (Phi) is 10.9. The minimum Gasteiger partial charge on any atom is -0.496 e. The number of fused-ring (bicyclic) bond motifs is 1. The van der Waals surface area contributed by atoms with Crippen molar-refractivity contribution in [3.8, 4) is 17.2 Å². The maximum absolute atomic E-state index is 13.1. The van der Waals surface area contributed by atoms with Crippen LogP contribution in [0.1, 0.15) is 56.2 Å². The number of likely N-dealkylation sites (tertiary alicyclic amines) is 1. The number of piperidine rings is 1. The lowest BCUT2D eigenvalue weighted by Crippen LogP contribution is -2.48. The van der Waals surface area contributed by atoms with Crippen LogP contribution in [-0.4, -0.2) is 56.6 Å². The van der Waals surface area contributed by atoms with Crippen molar-refractivity contribution >= 4 is 22.9 Å². The first-order valence-corrected chi connectivity index (χ1v) is 15.9. The molecule has 0 aliphatic carbocycles. The molecule has 1 heterocycles. The molecule has 1 aliphatic rings. The Bertz CT molecular complexity index is 1610. The second kappa shape index (κ2) is 15.2. The molecule has 0 N–H and O–H groups in total. The summed E-state index contributed by atoms with van der Waals surface area (Å²) in [7, 11) is 3.35. The van der Waals surface area contributed by atoms with Crippen molar-refractivity contribution in [3.05, 3.63) is 108 Å². The molecule has 4 aromatic carbocycles. The van der Waals surface area contributed by atoms with Crippen molar-refractivity contribution in [2.24, 2.45) is 0 Å². The van der Waals surface area contributed by atoms with Gasteiger partial charge in [-0.3, -0.25) is 0 Å². The van der Waals surface area contributed by atoms with Crippen molar-refractivity contribution in [2.75, 3.05) is 33.9 Å². The summed E-state index contributed by atoms with van der Waals surface area (Å²) in [6, 6.07) is 28.5. The normalized spacial score (nSPS) is 16.8. The van der Waals surface area contributed by atoms with Gasteiger partial charge in [0.1, 0.15) is 22.8 Å². The molecule has 1 aliphatic heterocycles. The summed E-state index contributed by atoms with van der Waals surface area (Å²) >= 11 is 0. The van der Waals surface area contributed by atoms with Gasteiger partial charge in [0.2, 0.25) is 0 Å². The van der Waals surface area contributed by atoms with Gasteiger partial charge < -0.3 is 28.6 Å². The zero-order valence-corrected chi connectivity index (χ0v) is 27.5. The number of hydrogen-bond acceptors (Lipinski definition) is 6. The number of carbonyl (C=O) groups excluding carboxylic acids is 1. The van der Waals surface area contributed by atoms with Crippen LogP contribution in [-0.2, 0) is 16.1 Å². The first-order valence-electron chi connectivity index (χ1n) is 15.9. The molecule has 242 valence electrons. The van der Waals surface area contributed by atoms with Crippen LogP contribution in [0.25, 0.3) is 16.8 Å². The van der Waals surface area contributed by atoms with Gasteiger partial charge in [0.05, 0.1) is 40.1 Å². The molecular formula is C39H45NO6. The van der Waals surface area contributed by atoms with Crippen molar-refractivity contribution < 1.29 is 28.5 Å². The van der Waals surface area contributed by atoms with Crippen LogP contribution >= 0.6 is 0 Å². The van der Waals surface area contributed by atoms with E-state index in [2.05, 4.69) is 36.4 Å². The number of amides is 1. The second-order valence-electron chi connectivity index (χ2n) is 12.5. The van der Waals surface area contributed by atoms with Crippen LogP contribution in [0.3, 0.4) is 0 Å². The molecule has 4 aromatic rings. The van der Waals surface area contributed by atoms with Gasteiger partial charge in [-0.15, -0.1) is 0 Å². The minimum absolute atomic E-state index is 0.0786. The number of rotatable bonds is 11. The summed E-state index contributed by atoms with van der Waals surface area (Å²) in [5, 5.41) is 1.94. The highest BCUT2D eigenvalue weighted by atomic mass is 16.6. The molecular weight excluding hydrogens is 578 g/mol. The molecule has 0 radical (unpaired) electrons. The monoisotopic (exact) mass is 623 g/mol. The Morgan fingerprint density at radius 3 is 2.33 bits per heavy atom. The fraction of sp³-hybridized carbons (Fsp3) is 0.359. The average Bonchev–Trinajstić information content (AvgIpc) is 3.06. The molecule has 1 saturated heterocycles. The van der Waals surface area contributed by atoms with E-state index in [4.69, 9.17) is 23.7 Å². The molecule has 0 saturated carbocycles. The molecule has 2 unspecified atom stereocenters. The zero-order chi connectivity index (χ0) is 32.5. The lowest BCUT2D eigenvalue weighted by atomic mass is 9.87. The Morgan fingerprint density at radius 1 is 0.913 bits per heavy atom. The zero-order valence-electron chi connectivity index (χ0n) is 27.5. The second-order valence-corrected chi connectivity index (χ2v) is 12.5. The predicted molar refractivity (Wildman–Crippen MR) is 183 cm³/mol. The predicted octanol–water partition coefficient (Wildman–Crippen LogP) is 8.65. The molecule has 46 heavy (non-hydrogen) atoms. The Balaban J connectivity index is 1.30. The van der Waals surface area contributed by atoms with Crippen LogP contribution < -0.4 is 14.2 Å². The average molecular weight is 624 g/mol. The first kappa shape index (κ1) is 32.9. The number of ether oxygens (including phenoxy) is 5. The van der Waals surface area contributed by atoms with Gasteiger partial charge in [-0.1, -0.05) is 78.9 Å². The molecule has 7 heteroatoms. The van der Waals surface area contributed by atoms with Crippen LogP contribution in [0, 0.1) is 0 Å². The SMILES string of the molecule is COc1cc(COC2CN(C(=O)OC(C)(C)C)CCC2c2ccc(OCCC=Cc3ccccc3)cc2)c(OC)c2ccccc12. The minimum atomic E-state index is -0.577. The Morgan fingerprint density at radius 2 is 1.63 bits per heavy atom. The van der Waals surface area contributed by atoms with Crippen LogP contribution in [0.2, 0.25) is 0 Å². The van der Waals surface area contributed by atoms with Crippen molar-refractivity contribution in [1.29, 1.82) is 0 Å². The number of methoxy groups -OCH3 is 2.